The van der Waals surface area contributed by atoms with Crippen molar-refractivity contribution >= 4 is 17.6 Å². The Labute approximate surface area is 164 Å². The van der Waals surface area contributed by atoms with Gasteiger partial charge in [0.05, 0.1) is 0 Å². The summed E-state index contributed by atoms with van der Waals surface area (Å²) in [5.74, 6) is -0.529. The number of hydrogen-bond acceptors (Lipinski definition) is 4. The summed E-state index contributed by atoms with van der Waals surface area (Å²) in [5.41, 5.74) is 6.07. The van der Waals surface area contributed by atoms with E-state index in [1.165, 1.54) is 23.8 Å². The fourth-order valence-electron chi connectivity index (χ4n) is 3.94. The Kier molecular flexibility index (Phi) is 5.50. The zero-order valence-electron chi connectivity index (χ0n) is 15.7. The molecule has 4 rings (SSSR count). The Morgan fingerprint density at radius 1 is 1.25 bits per heavy atom. The maximum absolute atomic E-state index is 11.1. The molecule has 2 N–H and O–H groups in total. The Morgan fingerprint density at radius 2 is 2.11 bits per heavy atom. The summed E-state index contributed by atoms with van der Waals surface area (Å²) in [7, 11) is 0. The van der Waals surface area contributed by atoms with E-state index < -0.39 is 5.91 Å². The standard InChI is InChI=1S/C22H24N4O2/c27-22(24-28)11-8-17-6-9-18(10-7-17)20-4-3-13-25(20)15-12-19-16-23-21-5-1-2-14-26(19)21/h1-2,5-11,14,16,20,28H,3-4,12-13,15H2,(H,24,27)/b11-8+. The highest BCUT2D eigenvalue weighted by atomic mass is 16.5. The molecule has 1 unspecified atom stereocenters. The molecule has 144 valence electrons. The van der Waals surface area contributed by atoms with Gasteiger partial charge in [0.1, 0.15) is 5.65 Å². The lowest BCUT2D eigenvalue weighted by Crippen LogP contribution is -2.26. The van der Waals surface area contributed by atoms with E-state index in [-0.39, 0.29) is 0 Å². The van der Waals surface area contributed by atoms with Crippen LogP contribution in [0, 0.1) is 0 Å². The molecule has 0 saturated carbocycles. The van der Waals surface area contributed by atoms with Gasteiger partial charge >= 0.3 is 0 Å². The molecule has 0 aliphatic carbocycles. The zero-order valence-corrected chi connectivity index (χ0v) is 15.7. The summed E-state index contributed by atoms with van der Waals surface area (Å²) >= 11 is 0. The van der Waals surface area contributed by atoms with Crippen molar-refractivity contribution < 1.29 is 10.0 Å². The van der Waals surface area contributed by atoms with Gasteiger partial charge in [0.15, 0.2) is 0 Å². The lowest BCUT2D eigenvalue weighted by molar-refractivity contribution is -0.124. The summed E-state index contributed by atoms with van der Waals surface area (Å²) in [4.78, 5) is 18.1. The highest BCUT2D eigenvalue weighted by molar-refractivity contribution is 5.90. The topological polar surface area (TPSA) is 69.9 Å². The van der Waals surface area contributed by atoms with Crippen LogP contribution in [0.2, 0.25) is 0 Å². The Balaban J connectivity index is 1.42. The Bertz CT molecular complexity index is 978. The first-order valence-electron chi connectivity index (χ1n) is 9.62. The molecular weight excluding hydrogens is 352 g/mol. The third-order valence-electron chi connectivity index (χ3n) is 5.37. The van der Waals surface area contributed by atoms with Crippen LogP contribution in [0.15, 0.2) is 60.9 Å². The number of carbonyl (C=O) groups excluding carboxylic acids is 1. The molecule has 1 saturated heterocycles. The van der Waals surface area contributed by atoms with Crippen molar-refractivity contribution in [1.82, 2.24) is 19.8 Å². The number of amides is 1. The van der Waals surface area contributed by atoms with Crippen molar-refractivity contribution in [2.45, 2.75) is 25.3 Å². The molecule has 28 heavy (non-hydrogen) atoms. The number of hydrogen-bond donors (Lipinski definition) is 2. The molecule has 1 aromatic carbocycles. The normalized spacial score (nSPS) is 17.5. The van der Waals surface area contributed by atoms with Gasteiger partial charge < -0.3 is 4.40 Å². The van der Waals surface area contributed by atoms with Gasteiger partial charge in [-0.3, -0.25) is 14.9 Å². The molecule has 0 bridgehead atoms. The molecular formula is C22H24N4O2. The molecule has 1 amide bonds. The number of carbonyl (C=O) groups is 1. The first-order chi connectivity index (χ1) is 13.7. The number of hydroxylamine groups is 1. The molecule has 1 atom stereocenters. The number of imidazole rings is 1. The number of nitrogens with zero attached hydrogens (tertiary/aromatic N) is 3. The molecule has 6 nitrogen and oxygen atoms in total. The summed E-state index contributed by atoms with van der Waals surface area (Å²) in [6.07, 6.45) is 10.4. The number of pyridine rings is 1. The van der Waals surface area contributed by atoms with Crippen molar-refractivity contribution in [2.75, 3.05) is 13.1 Å². The fraction of sp³-hybridized carbons (Fsp3) is 0.273. The molecule has 0 spiro atoms. The summed E-state index contributed by atoms with van der Waals surface area (Å²) in [6, 6.07) is 14.8. The summed E-state index contributed by atoms with van der Waals surface area (Å²) in [6.45, 7) is 2.12. The molecule has 3 aromatic rings. The van der Waals surface area contributed by atoms with Crippen LogP contribution in [0.4, 0.5) is 0 Å². The predicted octanol–water partition coefficient (Wildman–Crippen LogP) is 3.23. The first kappa shape index (κ1) is 18.4. The minimum Gasteiger partial charge on any atom is -0.304 e. The molecule has 2 aromatic heterocycles. The highest BCUT2D eigenvalue weighted by Gasteiger charge is 2.25. The van der Waals surface area contributed by atoms with Gasteiger partial charge in [-0.2, -0.15) is 0 Å². The Hall–Kier alpha value is -2.96. The van der Waals surface area contributed by atoms with Crippen molar-refractivity contribution in [3.05, 3.63) is 77.8 Å². The van der Waals surface area contributed by atoms with Gasteiger partial charge in [-0.1, -0.05) is 30.3 Å². The molecule has 1 aliphatic rings. The fourth-order valence-corrected chi connectivity index (χ4v) is 3.94. The van der Waals surface area contributed by atoms with Gasteiger partial charge in [-0.25, -0.2) is 10.5 Å². The average Bonchev–Trinajstić information content (AvgIpc) is 3.37. The second-order valence-electron chi connectivity index (χ2n) is 7.10. The third-order valence-corrected chi connectivity index (χ3v) is 5.37. The van der Waals surface area contributed by atoms with Crippen LogP contribution in [0.1, 0.15) is 35.7 Å². The minimum atomic E-state index is -0.529. The van der Waals surface area contributed by atoms with Crippen molar-refractivity contribution in [2.24, 2.45) is 0 Å². The maximum Gasteiger partial charge on any atom is 0.267 e. The second kappa shape index (κ2) is 8.37. The largest absolute Gasteiger partial charge is 0.304 e. The average molecular weight is 376 g/mol. The Morgan fingerprint density at radius 3 is 2.93 bits per heavy atom. The summed E-state index contributed by atoms with van der Waals surface area (Å²) < 4.78 is 2.16. The number of aromatic nitrogens is 2. The van der Waals surface area contributed by atoms with Gasteiger partial charge in [0.25, 0.3) is 5.91 Å². The van der Waals surface area contributed by atoms with E-state index in [0.29, 0.717) is 6.04 Å². The van der Waals surface area contributed by atoms with Gasteiger partial charge in [-0.05, 0) is 48.7 Å². The monoisotopic (exact) mass is 376 g/mol. The molecule has 1 aliphatic heterocycles. The number of likely N-dealkylation sites (tertiary alicyclic amines) is 1. The van der Waals surface area contributed by atoms with Crippen molar-refractivity contribution in [3.8, 4) is 0 Å². The van der Waals surface area contributed by atoms with Crippen LogP contribution in [-0.2, 0) is 11.2 Å². The van der Waals surface area contributed by atoms with E-state index in [0.717, 1.165) is 37.1 Å². The van der Waals surface area contributed by atoms with Crippen LogP contribution in [0.5, 0.6) is 0 Å². The van der Waals surface area contributed by atoms with E-state index in [2.05, 4.69) is 32.6 Å². The van der Waals surface area contributed by atoms with E-state index >= 15 is 0 Å². The van der Waals surface area contributed by atoms with E-state index in [4.69, 9.17) is 5.21 Å². The van der Waals surface area contributed by atoms with E-state index in [1.54, 1.807) is 11.6 Å². The van der Waals surface area contributed by atoms with Gasteiger partial charge in [0.2, 0.25) is 0 Å². The van der Waals surface area contributed by atoms with Crippen LogP contribution in [-0.4, -0.2) is 38.5 Å². The number of fused-ring (bicyclic) bond motifs is 1. The van der Waals surface area contributed by atoms with E-state index in [1.807, 2.05) is 36.5 Å². The maximum atomic E-state index is 11.1. The molecule has 6 heteroatoms. The molecule has 0 radical (unpaired) electrons. The van der Waals surface area contributed by atoms with Crippen LogP contribution >= 0.6 is 0 Å². The molecule has 1 fully saturated rings. The highest BCUT2D eigenvalue weighted by Crippen LogP contribution is 2.32. The quantitative estimate of drug-likeness (QED) is 0.394. The molecule has 3 heterocycles. The van der Waals surface area contributed by atoms with E-state index in [9.17, 15) is 4.79 Å². The van der Waals surface area contributed by atoms with Gasteiger partial charge in [0, 0.05) is 43.2 Å². The lowest BCUT2D eigenvalue weighted by Gasteiger charge is -2.24. The third kappa shape index (κ3) is 3.98. The lowest BCUT2D eigenvalue weighted by atomic mass is 10.0. The van der Waals surface area contributed by atoms with Crippen LogP contribution < -0.4 is 5.48 Å². The predicted molar refractivity (Wildman–Crippen MR) is 108 cm³/mol. The number of benzene rings is 1. The summed E-state index contributed by atoms with van der Waals surface area (Å²) in [5, 5.41) is 8.55. The smallest absolute Gasteiger partial charge is 0.267 e. The zero-order chi connectivity index (χ0) is 19.3. The van der Waals surface area contributed by atoms with Crippen molar-refractivity contribution in [1.29, 1.82) is 0 Å². The SMILES string of the molecule is O=C(/C=C/c1ccc(C2CCCN2CCc2cnc3ccccn23)cc1)NO. The number of nitrogens with one attached hydrogen (secondary N) is 1. The van der Waals surface area contributed by atoms with Crippen LogP contribution in [0.3, 0.4) is 0 Å². The van der Waals surface area contributed by atoms with Crippen LogP contribution in [0.25, 0.3) is 11.7 Å². The number of rotatable bonds is 6. The minimum absolute atomic E-state index is 0.429. The van der Waals surface area contributed by atoms with Gasteiger partial charge in [-0.15, -0.1) is 0 Å². The first-order valence-corrected chi connectivity index (χ1v) is 9.62. The second-order valence-corrected chi connectivity index (χ2v) is 7.10. The van der Waals surface area contributed by atoms with Crippen molar-refractivity contribution in [3.63, 3.8) is 0 Å².